The number of carbonyl (C=O) groups is 1. The second-order valence-corrected chi connectivity index (χ2v) is 4.98. The first-order valence-electron chi connectivity index (χ1n) is 5.41. The van der Waals surface area contributed by atoms with E-state index in [9.17, 15) is 4.79 Å². The van der Waals surface area contributed by atoms with Crippen molar-refractivity contribution in [3.63, 3.8) is 0 Å². The minimum atomic E-state index is -0.191. The molecule has 0 fully saturated rings. The Morgan fingerprint density at radius 1 is 1.06 bits per heavy atom. The highest BCUT2D eigenvalue weighted by Crippen LogP contribution is 2.38. The summed E-state index contributed by atoms with van der Waals surface area (Å²) >= 11 is 3.45. The highest BCUT2D eigenvalue weighted by atomic mass is 79.9. The summed E-state index contributed by atoms with van der Waals surface area (Å²) < 4.78 is 0.994. The normalized spacial score (nSPS) is 17.7. The second kappa shape index (κ2) is 4.00. The van der Waals surface area contributed by atoms with Gasteiger partial charge in [-0.15, -0.1) is 0 Å². The van der Waals surface area contributed by atoms with Gasteiger partial charge in [-0.05, 0) is 29.3 Å². The van der Waals surface area contributed by atoms with E-state index in [4.69, 9.17) is 0 Å². The summed E-state index contributed by atoms with van der Waals surface area (Å²) in [5, 5.41) is 2.91. The third-order valence-corrected chi connectivity index (χ3v) is 3.47. The molecule has 84 valence electrons. The molecule has 2 aromatic carbocycles. The van der Waals surface area contributed by atoms with Crippen LogP contribution in [-0.4, -0.2) is 5.91 Å². The summed E-state index contributed by atoms with van der Waals surface area (Å²) in [6.45, 7) is 0. The van der Waals surface area contributed by atoms with Crippen molar-refractivity contribution in [2.45, 2.75) is 5.92 Å². The molecule has 17 heavy (non-hydrogen) atoms. The van der Waals surface area contributed by atoms with E-state index in [1.165, 1.54) is 0 Å². The van der Waals surface area contributed by atoms with Gasteiger partial charge in [0.15, 0.2) is 0 Å². The number of anilines is 1. The highest BCUT2D eigenvalue weighted by Gasteiger charge is 2.31. The molecule has 0 aromatic heterocycles. The van der Waals surface area contributed by atoms with E-state index < -0.39 is 0 Å². The molecule has 2 aromatic rings. The molecule has 0 saturated heterocycles. The van der Waals surface area contributed by atoms with Crippen molar-refractivity contribution in [2.24, 2.45) is 0 Å². The predicted molar refractivity (Wildman–Crippen MR) is 71.1 cm³/mol. The Kier molecular flexibility index (Phi) is 2.48. The van der Waals surface area contributed by atoms with Gasteiger partial charge in [0.2, 0.25) is 5.91 Å². The van der Waals surface area contributed by atoms with Crippen molar-refractivity contribution >= 4 is 27.5 Å². The van der Waals surface area contributed by atoms with E-state index in [0.29, 0.717) is 0 Å². The number of hydrogen-bond donors (Lipinski definition) is 1. The Hall–Kier alpha value is -1.61. The molecule has 0 radical (unpaired) electrons. The number of halogens is 1. The maximum Gasteiger partial charge on any atom is 0.236 e. The van der Waals surface area contributed by atoms with Crippen molar-refractivity contribution in [2.75, 3.05) is 5.32 Å². The van der Waals surface area contributed by atoms with Crippen molar-refractivity contribution in [1.82, 2.24) is 0 Å². The summed E-state index contributed by atoms with van der Waals surface area (Å²) in [4.78, 5) is 12.0. The van der Waals surface area contributed by atoms with Crippen molar-refractivity contribution < 1.29 is 4.79 Å². The number of carbonyl (C=O) groups excluding carboxylic acids is 1. The maximum absolute atomic E-state index is 12.0. The molecule has 3 rings (SSSR count). The van der Waals surface area contributed by atoms with Gasteiger partial charge >= 0.3 is 0 Å². The van der Waals surface area contributed by atoms with Gasteiger partial charge < -0.3 is 5.32 Å². The number of benzene rings is 2. The smallest absolute Gasteiger partial charge is 0.236 e. The van der Waals surface area contributed by atoms with Gasteiger partial charge in [-0.2, -0.15) is 0 Å². The fourth-order valence-electron chi connectivity index (χ4n) is 2.21. The lowest BCUT2D eigenvalue weighted by Gasteiger charge is -2.08. The zero-order chi connectivity index (χ0) is 11.8. The molecular weight excluding hydrogens is 278 g/mol. The molecule has 1 aliphatic heterocycles. The minimum Gasteiger partial charge on any atom is -0.325 e. The first-order valence-corrected chi connectivity index (χ1v) is 6.20. The van der Waals surface area contributed by atoms with Gasteiger partial charge in [0.1, 0.15) is 0 Å². The molecule has 1 aliphatic rings. The average molecular weight is 288 g/mol. The summed E-state index contributed by atoms with van der Waals surface area (Å²) in [7, 11) is 0. The molecular formula is C14H10BrNO. The Balaban J connectivity index is 2.14. The monoisotopic (exact) mass is 287 g/mol. The van der Waals surface area contributed by atoms with E-state index in [0.717, 1.165) is 21.3 Å². The molecule has 1 heterocycles. The van der Waals surface area contributed by atoms with Gasteiger partial charge in [-0.3, -0.25) is 4.79 Å². The lowest BCUT2D eigenvalue weighted by Crippen LogP contribution is -2.12. The summed E-state index contributed by atoms with van der Waals surface area (Å²) in [5.74, 6) is -0.145. The van der Waals surface area contributed by atoms with Crippen LogP contribution >= 0.6 is 15.9 Å². The standard InChI is InChI=1S/C14H10BrNO/c15-10-6-7-12-11(8-10)13(14(17)16-12)9-4-2-1-3-5-9/h1-8,13H,(H,16,17). The van der Waals surface area contributed by atoms with Crippen LogP contribution in [-0.2, 0) is 4.79 Å². The third-order valence-electron chi connectivity index (χ3n) is 2.98. The molecule has 1 N–H and O–H groups in total. The number of rotatable bonds is 1. The number of amides is 1. The van der Waals surface area contributed by atoms with Crippen LogP contribution in [0.1, 0.15) is 17.0 Å². The molecule has 0 spiro atoms. The summed E-state index contributed by atoms with van der Waals surface area (Å²) in [6, 6.07) is 15.7. The Labute approximate surface area is 108 Å². The van der Waals surface area contributed by atoms with Crippen molar-refractivity contribution in [3.8, 4) is 0 Å². The third kappa shape index (κ3) is 1.76. The largest absolute Gasteiger partial charge is 0.325 e. The molecule has 1 atom stereocenters. The van der Waals surface area contributed by atoms with Gasteiger partial charge in [-0.25, -0.2) is 0 Å². The topological polar surface area (TPSA) is 29.1 Å². The Morgan fingerprint density at radius 2 is 1.82 bits per heavy atom. The molecule has 0 bridgehead atoms. The number of fused-ring (bicyclic) bond motifs is 1. The van der Waals surface area contributed by atoms with Crippen LogP contribution < -0.4 is 5.32 Å². The van der Waals surface area contributed by atoms with Crippen molar-refractivity contribution in [3.05, 3.63) is 64.1 Å². The van der Waals surface area contributed by atoms with Crippen LogP contribution in [0.4, 0.5) is 5.69 Å². The van der Waals surface area contributed by atoms with E-state index >= 15 is 0 Å². The lowest BCUT2D eigenvalue weighted by atomic mass is 9.93. The summed E-state index contributed by atoms with van der Waals surface area (Å²) in [5.41, 5.74) is 2.98. The molecule has 2 nitrogen and oxygen atoms in total. The van der Waals surface area contributed by atoms with Crippen LogP contribution in [0.5, 0.6) is 0 Å². The highest BCUT2D eigenvalue weighted by molar-refractivity contribution is 9.10. The van der Waals surface area contributed by atoms with E-state index in [2.05, 4.69) is 21.2 Å². The summed E-state index contributed by atoms with van der Waals surface area (Å²) in [6.07, 6.45) is 0. The number of hydrogen-bond acceptors (Lipinski definition) is 1. The van der Waals surface area contributed by atoms with Gasteiger partial charge in [0.05, 0.1) is 5.92 Å². The molecule has 1 amide bonds. The van der Waals surface area contributed by atoms with Gasteiger partial charge in [0.25, 0.3) is 0 Å². The zero-order valence-corrected chi connectivity index (χ0v) is 10.6. The zero-order valence-electron chi connectivity index (χ0n) is 8.98. The maximum atomic E-state index is 12.0. The average Bonchev–Trinajstić information content (AvgIpc) is 2.65. The SMILES string of the molecule is O=C1Nc2ccc(Br)cc2C1c1ccccc1. The second-order valence-electron chi connectivity index (χ2n) is 4.06. The van der Waals surface area contributed by atoms with Gasteiger partial charge in [0, 0.05) is 10.2 Å². The van der Waals surface area contributed by atoms with Crippen molar-refractivity contribution in [1.29, 1.82) is 0 Å². The Bertz CT molecular complexity index is 580. The lowest BCUT2D eigenvalue weighted by molar-refractivity contribution is -0.116. The fourth-order valence-corrected chi connectivity index (χ4v) is 2.59. The Morgan fingerprint density at radius 3 is 2.59 bits per heavy atom. The first-order chi connectivity index (χ1) is 8.25. The first kappa shape index (κ1) is 10.5. The fraction of sp³-hybridized carbons (Fsp3) is 0.0714. The minimum absolute atomic E-state index is 0.0456. The van der Waals surface area contributed by atoms with E-state index in [1.54, 1.807) is 0 Å². The van der Waals surface area contributed by atoms with E-state index in [1.807, 2.05) is 48.5 Å². The van der Waals surface area contributed by atoms with Crippen LogP contribution in [0.25, 0.3) is 0 Å². The quantitative estimate of drug-likeness (QED) is 0.854. The van der Waals surface area contributed by atoms with Crippen LogP contribution in [0, 0.1) is 0 Å². The van der Waals surface area contributed by atoms with Crippen LogP contribution in [0.3, 0.4) is 0 Å². The van der Waals surface area contributed by atoms with Crippen LogP contribution in [0.15, 0.2) is 53.0 Å². The molecule has 0 aliphatic carbocycles. The molecule has 0 saturated carbocycles. The van der Waals surface area contributed by atoms with E-state index in [-0.39, 0.29) is 11.8 Å². The molecule has 3 heteroatoms. The molecule has 1 unspecified atom stereocenters. The predicted octanol–water partition coefficient (Wildman–Crippen LogP) is 3.53. The van der Waals surface area contributed by atoms with Gasteiger partial charge in [-0.1, -0.05) is 46.3 Å². The van der Waals surface area contributed by atoms with Crippen LogP contribution in [0.2, 0.25) is 0 Å². The number of nitrogens with one attached hydrogen (secondary N) is 1.